The summed E-state index contributed by atoms with van der Waals surface area (Å²) in [6.07, 6.45) is 1.40. The van der Waals surface area contributed by atoms with Crippen LogP contribution in [0, 0.1) is 5.92 Å². The summed E-state index contributed by atoms with van der Waals surface area (Å²) in [4.78, 5) is 17.2. The lowest BCUT2D eigenvalue weighted by Crippen LogP contribution is -2.35. The fourth-order valence-corrected chi connectivity index (χ4v) is 3.64. The van der Waals surface area contributed by atoms with Crippen molar-refractivity contribution < 1.29 is 14.3 Å². The SMILES string of the molecule is CC(C)CN(Cc1ccc2c(c1)OCCCO2)C(=O)CCN(C)Cc1ccccc1. The van der Waals surface area contributed by atoms with Crippen molar-refractivity contribution in [3.8, 4) is 11.5 Å². The number of carbonyl (C=O) groups excluding carboxylic acids is 1. The van der Waals surface area contributed by atoms with Crippen LogP contribution in [0.15, 0.2) is 48.5 Å². The molecule has 162 valence electrons. The Balaban J connectivity index is 1.59. The number of rotatable bonds is 9. The molecular weight excluding hydrogens is 376 g/mol. The van der Waals surface area contributed by atoms with Crippen LogP contribution in [0.3, 0.4) is 0 Å². The molecule has 2 aromatic carbocycles. The Kier molecular flexibility index (Phi) is 8.14. The molecule has 1 aliphatic heterocycles. The topological polar surface area (TPSA) is 42.0 Å². The molecule has 1 amide bonds. The van der Waals surface area contributed by atoms with Crippen LogP contribution < -0.4 is 9.47 Å². The monoisotopic (exact) mass is 410 g/mol. The van der Waals surface area contributed by atoms with Crippen LogP contribution in [-0.2, 0) is 17.9 Å². The average Bonchev–Trinajstić information content (AvgIpc) is 2.97. The molecule has 0 aliphatic carbocycles. The third kappa shape index (κ3) is 6.77. The van der Waals surface area contributed by atoms with Gasteiger partial charge in [-0.2, -0.15) is 0 Å². The summed E-state index contributed by atoms with van der Waals surface area (Å²) < 4.78 is 11.5. The van der Waals surface area contributed by atoms with E-state index in [9.17, 15) is 4.79 Å². The smallest absolute Gasteiger partial charge is 0.224 e. The Bertz CT molecular complexity index is 807. The van der Waals surface area contributed by atoms with Gasteiger partial charge in [0.05, 0.1) is 13.2 Å². The molecule has 3 rings (SSSR count). The van der Waals surface area contributed by atoms with E-state index in [2.05, 4.69) is 37.9 Å². The van der Waals surface area contributed by atoms with Gasteiger partial charge in [0.15, 0.2) is 11.5 Å². The van der Waals surface area contributed by atoms with E-state index in [1.807, 2.05) is 41.3 Å². The number of hydrogen-bond donors (Lipinski definition) is 0. The second-order valence-electron chi connectivity index (χ2n) is 8.47. The van der Waals surface area contributed by atoms with Gasteiger partial charge in [0.25, 0.3) is 0 Å². The third-order valence-corrected chi connectivity index (χ3v) is 5.13. The third-order valence-electron chi connectivity index (χ3n) is 5.13. The van der Waals surface area contributed by atoms with E-state index >= 15 is 0 Å². The summed E-state index contributed by atoms with van der Waals surface area (Å²) >= 11 is 0. The van der Waals surface area contributed by atoms with Gasteiger partial charge < -0.3 is 19.3 Å². The Morgan fingerprint density at radius 3 is 2.43 bits per heavy atom. The maximum atomic E-state index is 13.0. The first kappa shape index (κ1) is 22.2. The molecule has 0 spiro atoms. The number of nitrogens with zero attached hydrogens (tertiary/aromatic N) is 2. The highest BCUT2D eigenvalue weighted by Gasteiger charge is 2.18. The fraction of sp³-hybridized carbons (Fsp3) is 0.480. The van der Waals surface area contributed by atoms with E-state index < -0.39 is 0 Å². The molecule has 0 saturated heterocycles. The Hall–Kier alpha value is -2.53. The van der Waals surface area contributed by atoms with Gasteiger partial charge >= 0.3 is 0 Å². The second-order valence-corrected chi connectivity index (χ2v) is 8.47. The first-order valence-electron chi connectivity index (χ1n) is 10.9. The molecule has 0 atom stereocenters. The standard InChI is InChI=1S/C25H34N2O3/c1-20(2)17-27(19-22-10-11-23-24(16-22)30-15-7-14-29-23)25(28)12-13-26(3)18-21-8-5-4-6-9-21/h4-6,8-11,16,20H,7,12-15,17-19H2,1-3H3. The molecular formula is C25H34N2O3. The normalized spacial score (nSPS) is 13.4. The summed E-state index contributed by atoms with van der Waals surface area (Å²) in [7, 11) is 2.07. The van der Waals surface area contributed by atoms with Crippen LogP contribution >= 0.6 is 0 Å². The van der Waals surface area contributed by atoms with E-state index in [1.165, 1.54) is 5.56 Å². The molecule has 0 bridgehead atoms. The molecule has 0 saturated carbocycles. The minimum atomic E-state index is 0.190. The highest BCUT2D eigenvalue weighted by molar-refractivity contribution is 5.76. The molecule has 1 aliphatic rings. The number of carbonyl (C=O) groups is 1. The van der Waals surface area contributed by atoms with Crippen LogP contribution in [0.5, 0.6) is 11.5 Å². The van der Waals surface area contributed by atoms with Crippen molar-refractivity contribution in [1.29, 1.82) is 0 Å². The van der Waals surface area contributed by atoms with Gasteiger partial charge in [-0.3, -0.25) is 4.79 Å². The van der Waals surface area contributed by atoms with Crippen LogP contribution in [0.1, 0.15) is 37.8 Å². The predicted molar refractivity (Wildman–Crippen MR) is 120 cm³/mol. The largest absolute Gasteiger partial charge is 0.490 e. The van der Waals surface area contributed by atoms with Gasteiger partial charge in [0.2, 0.25) is 5.91 Å². The molecule has 0 N–H and O–H groups in total. The minimum absolute atomic E-state index is 0.190. The molecule has 0 fully saturated rings. The van der Waals surface area contributed by atoms with Crippen molar-refractivity contribution >= 4 is 5.91 Å². The zero-order chi connectivity index (χ0) is 21.3. The summed E-state index contributed by atoms with van der Waals surface area (Å²) in [5.74, 6) is 2.18. The van der Waals surface area contributed by atoms with Crippen LogP contribution in [0.2, 0.25) is 0 Å². The fourth-order valence-electron chi connectivity index (χ4n) is 3.64. The van der Waals surface area contributed by atoms with Crippen molar-refractivity contribution in [2.45, 2.75) is 39.8 Å². The number of hydrogen-bond acceptors (Lipinski definition) is 4. The number of ether oxygens (including phenoxy) is 2. The Morgan fingerprint density at radius 1 is 0.967 bits per heavy atom. The van der Waals surface area contributed by atoms with Gasteiger partial charge in [-0.05, 0) is 36.2 Å². The molecule has 0 radical (unpaired) electrons. The Labute approximate surface area is 180 Å². The van der Waals surface area contributed by atoms with Gasteiger partial charge in [0, 0.05) is 39.0 Å². The van der Waals surface area contributed by atoms with Gasteiger partial charge in [-0.1, -0.05) is 50.2 Å². The number of fused-ring (bicyclic) bond motifs is 1. The molecule has 5 nitrogen and oxygen atoms in total. The van der Waals surface area contributed by atoms with Crippen molar-refractivity contribution in [3.63, 3.8) is 0 Å². The van der Waals surface area contributed by atoms with Crippen molar-refractivity contribution in [1.82, 2.24) is 9.80 Å². The zero-order valence-electron chi connectivity index (χ0n) is 18.5. The van der Waals surface area contributed by atoms with E-state index in [-0.39, 0.29) is 5.91 Å². The van der Waals surface area contributed by atoms with Crippen molar-refractivity contribution in [2.24, 2.45) is 5.92 Å². The molecule has 2 aromatic rings. The maximum Gasteiger partial charge on any atom is 0.224 e. The van der Waals surface area contributed by atoms with E-state index in [4.69, 9.17) is 9.47 Å². The number of benzene rings is 2. The summed E-state index contributed by atoms with van der Waals surface area (Å²) in [5, 5.41) is 0. The van der Waals surface area contributed by atoms with Crippen LogP contribution in [-0.4, -0.2) is 49.1 Å². The average molecular weight is 411 g/mol. The summed E-state index contributed by atoms with van der Waals surface area (Å²) in [6, 6.07) is 16.4. The Morgan fingerprint density at radius 2 is 1.70 bits per heavy atom. The van der Waals surface area contributed by atoms with Crippen LogP contribution in [0.25, 0.3) is 0 Å². The molecule has 5 heteroatoms. The second kappa shape index (κ2) is 11.0. The first-order chi connectivity index (χ1) is 14.5. The first-order valence-corrected chi connectivity index (χ1v) is 10.9. The molecule has 30 heavy (non-hydrogen) atoms. The van der Waals surface area contributed by atoms with Gasteiger partial charge in [0.1, 0.15) is 0 Å². The molecule has 0 aromatic heterocycles. The summed E-state index contributed by atoms with van der Waals surface area (Å²) in [5.41, 5.74) is 2.34. The summed E-state index contributed by atoms with van der Waals surface area (Å²) in [6.45, 7) is 8.57. The maximum absolute atomic E-state index is 13.0. The van der Waals surface area contributed by atoms with Crippen LogP contribution in [0.4, 0.5) is 0 Å². The van der Waals surface area contributed by atoms with Gasteiger partial charge in [-0.15, -0.1) is 0 Å². The lowest BCUT2D eigenvalue weighted by molar-refractivity contribution is -0.132. The zero-order valence-corrected chi connectivity index (χ0v) is 18.5. The lowest BCUT2D eigenvalue weighted by Gasteiger charge is -2.26. The predicted octanol–water partition coefficient (Wildman–Crippen LogP) is 4.35. The quantitative estimate of drug-likeness (QED) is 0.616. The number of amides is 1. The van der Waals surface area contributed by atoms with E-state index in [0.717, 1.165) is 43.1 Å². The van der Waals surface area contributed by atoms with E-state index in [0.29, 0.717) is 32.1 Å². The molecule has 0 unspecified atom stereocenters. The highest BCUT2D eigenvalue weighted by Crippen LogP contribution is 2.31. The lowest BCUT2D eigenvalue weighted by atomic mass is 10.1. The highest BCUT2D eigenvalue weighted by atomic mass is 16.5. The van der Waals surface area contributed by atoms with Crippen molar-refractivity contribution in [3.05, 3.63) is 59.7 Å². The van der Waals surface area contributed by atoms with Gasteiger partial charge in [-0.25, -0.2) is 0 Å². The van der Waals surface area contributed by atoms with E-state index in [1.54, 1.807) is 0 Å². The van der Waals surface area contributed by atoms with Crippen molar-refractivity contribution in [2.75, 3.05) is 33.4 Å². The minimum Gasteiger partial charge on any atom is -0.490 e. The molecule has 1 heterocycles.